The lowest BCUT2D eigenvalue weighted by Gasteiger charge is -2.29. The summed E-state index contributed by atoms with van der Waals surface area (Å²) in [5.41, 5.74) is 5.50. The van der Waals surface area contributed by atoms with E-state index in [0.717, 1.165) is 79.9 Å². The highest BCUT2D eigenvalue weighted by molar-refractivity contribution is 5.70. The van der Waals surface area contributed by atoms with Gasteiger partial charge in [0.1, 0.15) is 35.2 Å². The molecule has 9 nitrogen and oxygen atoms in total. The molecular weight excluding hydrogens is 715 g/mol. The minimum Gasteiger partial charge on any atom is -0.493 e. The summed E-state index contributed by atoms with van der Waals surface area (Å²) in [6, 6.07) is 25.1. The number of carboxylic acids is 2. The maximum atomic E-state index is 14.0. The third-order valence-electron chi connectivity index (χ3n) is 11.7. The van der Waals surface area contributed by atoms with E-state index in [1.165, 1.54) is 29.9 Å². The molecule has 2 aliphatic heterocycles. The van der Waals surface area contributed by atoms with Crippen LogP contribution in [0.25, 0.3) is 0 Å². The molecule has 2 heterocycles. The topological polar surface area (TPSA) is 121 Å². The summed E-state index contributed by atoms with van der Waals surface area (Å²) in [7, 11) is 1.46. The Morgan fingerprint density at radius 3 is 1.59 bits per heavy atom. The molecular formula is C46H51FO9. The van der Waals surface area contributed by atoms with Gasteiger partial charge < -0.3 is 33.9 Å². The molecule has 4 aromatic rings. The number of carbonyl (C=O) groups is 2. The average molecular weight is 767 g/mol. The minimum atomic E-state index is -0.709. The van der Waals surface area contributed by atoms with Gasteiger partial charge in [0, 0.05) is 5.56 Å². The summed E-state index contributed by atoms with van der Waals surface area (Å²) in [6.45, 7) is 2.13. The molecule has 8 rings (SSSR count). The van der Waals surface area contributed by atoms with Crippen molar-refractivity contribution >= 4 is 11.9 Å². The van der Waals surface area contributed by atoms with Crippen molar-refractivity contribution in [2.45, 2.75) is 108 Å². The van der Waals surface area contributed by atoms with E-state index in [-0.39, 0.29) is 47.8 Å². The molecule has 0 radical (unpaired) electrons. The smallest absolute Gasteiger partial charge is 0.306 e. The van der Waals surface area contributed by atoms with Crippen LogP contribution in [0.4, 0.5) is 4.39 Å². The number of carboxylic acid groups (broad SMARTS) is 2. The van der Waals surface area contributed by atoms with E-state index in [1.54, 1.807) is 6.07 Å². The van der Waals surface area contributed by atoms with Crippen LogP contribution in [0.1, 0.15) is 104 Å². The predicted molar refractivity (Wildman–Crippen MR) is 208 cm³/mol. The molecule has 0 bridgehead atoms. The molecule has 0 amide bonds. The number of rotatable bonds is 9. The molecule has 2 fully saturated rings. The first kappa shape index (κ1) is 39.0. The van der Waals surface area contributed by atoms with E-state index in [1.807, 2.05) is 36.4 Å². The van der Waals surface area contributed by atoms with Crippen LogP contribution in [0.2, 0.25) is 0 Å². The summed E-state index contributed by atoms with van der Waals surface area (Å²) < 4.78 is 43.9. The molecule has 0 aromatic heterocycles. The van der Waals surface area contributed by atoms with Gasteiger partial charge in [-0.15, -0.1) is 0 Å². The number of aryl methyl sites for hydroxylation is 3. The van der Waals surface area contributed by atoms with Gasteiger partial charge in [-0.25, -0.2) is 4.39 Å². The fourth-order valence-corrected chi connectivity index (χ4v) is 8.50. The van der Waals surface area contributed by atoms with Gasteiger partial charge in [0.05, 0.1) is 31.2 Å². The van der Waals surface area contributed by atoms with Crippen molar-refractivity contribution in [1.82, 2.24) is 0 Å². The van der Waals surface area contributed by atoms with Gasteiger partial charge >= 0.3 is 11.9 Å². The van der Waals surface area contributed by atoms with Crippen molar-refractivity contribution in [2.75, 3.05) is 7.11 Å². The highest BCUT2D eigenvalue weighted by Crippen LogP contribution is 2.41. The fourth-order valence-electron chi connectivity index (χ4n) is 8.50. The van der Waals surface area contributed by atoms with Gasteiger partial charge in [-0.1, -0.05) is 36.4 Å². The lowest BCUT2D eigenvalue weighted by atomic mass is 9.87. The highest BCUT2D eigenvalue weighted by Gasteiger charge is 2.30. The largest absolute Gasteiger partial charge is 0.493 e. The van der Waals surface area contributed by atoms with Crippen LogP contribution < -0.4 is 23.7 Å². The summed E-state index contributed by atoms with van der Waals surface area (Å²) in [4.78, 5) is 22.2. The van der Waals surface area contributed by atoms with Crippen molar-refractivity contribution < 1.29 is 47.9 Å². The Kier molecular flexibility index (Phi) is 12.3. The van der Waals surface area contributed by atoms with Crippen LogP contribution in [-0.2, 0) is 22.4 Å². The Labute approximate surface area is 327 Å². The third kappa shape index (κ3) is 9.23. The number of ether oxygens (including phenoxy) is 5. The molecule has 4 aliphatic rings. The van der Waals surface area contributed by atoms with Crippen molar-refractivity contribution in [1.29, 1.82) is 0 Å². The Hall–Kier alpha value is -5.25. The minimum absolute atomic E-state index is 0.0532. The van der Waals surface area contributed by atoms with E-state index in [4.69, 9.17) is 33.9 Å². The second-order valence-electron chi connectivity index (χ2n) is 15.4. The van der Waals surface area contributed by atoms with Crippen LogP contribution in [0.15, 0.2) is 78.9 Å². The van der Waals surface area contributed by atoms with Gasteiger partial charge in [0.2, 0.25) is 0 Å². The van der Waals surface area contributed by atoms with Crippen LogP contribution in [0.3, 0.4) is 0 Å². The zero-order chi connectivity index (χ0) is 39.2. The quantitative estimate of drug-likeness (QED) is 0.172. The highest BCUT2D eigenvalue weighted by atomic mass is 19.1. The maximum absolute atomic E-state index is 14.0. The normalized spacial score (nSPS) is 24.1. The van der Waals surface area contributed by atoms with E-state index >= 15 is 0 Å². The SMILES string of the molecule is COc1c(F)cccc1C1CCc2cc(OC3CCC(C(=O)O)CC3)ccc2O1.Cc1ccccc1C1CCc2cc(OC3CCC(C(=O)O)CC3)ccc2O1. The van der Waals surface area contributed by atoms with Gasteiger partial charge in [0.25, 0.3) is 0 Å². The second kappa shape index (κ2) is 17.7. The zero-order valence-corrected chi connectivity index (χ0v) is 32.1. The fraction of sp³-hybridized carbons (Fsp3) is 0.435. The molecule has 2 saturated carbocycles. The second-order valence-corrected chi connectivity index (χ2v) is 15.4. The Morgan fingerprint density at radius 2 is 1.11 bits per heavy atom. The van der Waals surface area contributed by atoms with Gasteiger partial charge in [0.15, 0.2) is 11.6 Å². The van der Waals surface area contributed by atoms with E-state index in [0.29, 0.717) is 31.2 Å². The molecule has 296 valence electrons. The molecule has 0 spiro atoms. The maximum Gasteiger partial charge on any atom is 0.306 e. The molecule has 10 heteroatoms. The number of fused-ring (bicyclic) bond motifs is 2. The van der Waals surface area contributed by atoms with Crippen LogP contribution in [-0.4, -0.2) is 41.5 Å². The lowest BCUT2D eigenvalue weighted by Crippen LogP contribution is -2.27. The van der Waals surface area contributed by atoms with Crippen molar-refractivity contribution in [3.05, 3.63) is 112 Å². The summed E-state index contributed by atoms with van der Waals surface area (Å²) in [5, 5.41) is 18.2. The first-order valence-corrected chi connectivity index (χ1v) is 19.9. The number of hydrogen-bond donors (Lipinski definition) is 2. The third-order valence-corrected chi connectivity index (χ3v) is 11.7. The van der Waals surface area contributed by atoms with Gasteiger partial charge in [-0.3, -0.25) is 9.59 Å². The monoisotopic (exact) mass is 766 g/mol. The summed E-state index contributed by atoms with van der Waals surface area (Å²) in [6.07, 6.45) is 9.31. The number of halogens is 1. The number of aliphatic carboxylic acids is 2. The van der Waals surface area contributed by atoms with Gasteiger partial charge in [-0.2, -0.15) is 0 Å². The molecule has 2 N–H and O–H groups in total. The molecule has 2 unspecified atom stereocenters. The van der Waals surface area contributed by atoms with E-state index in [2.05, 4.69) is 37.3 Å². The molecule has 2 atom stereocenters. The molecule has 4 aromatic carbocycles. The predicted octanol–water partition coefficient (Wildman–Crippen LogP) is 10.0. The van der Waals surface area contributed by atoms with Crippen LogP contribution in [0.5, 0.6) is 28.7 Å². The van der Waals surface area contributed by atoms with E-state index in [9.17, 15) is 14.0 Å². The first-order valence-electron chi connectivity index (χ1n) is 19.9. The van der Waals surface area contributed by atoms with Crippen molar-refractivity contribution in [3.8, 4) is 28.7 Å². The Balaban J connectivity index is 0.000000172. The lowest BCUT2D eigenvalue weighted by molar-refractivity contribution is -0.144. The average Bonchev–Trinajstić information content (AvgIpc) is 3.21. The number of para-hydroxylation sites is 1. The molecule has 2 aliphatic carbocycles. The Morgan fingerprint density at radius 1 is 0.625 bits per heavy atom. The van der Waals surface area contributed by atoms with Crippen molar-refractivity contribution in [2.24, 2.45) is 11.8 Å². The number of methoxy groups -OCH3 is 1. The first-order chi connectivity index (χ1) is 27.1. The van der Waals surface area contributed by atoms with E-state index < -0.39 is 11.9 Å². The molecule has 0 saturated heterocycles. The summed E-state index contributed by atoms with van der Waals surface area (Å²) in [5.74, 6) is 1.37. The standard InChI is InChI=1S/C23H25FO5.C23H26O4/c1-27-22-18(3-2-4-19(22)24)21-11-7-15-13-17(10-12-20(15)29-21)28-16-8-5-14(6-9-16)23(25)26;1-15-4-2-3-5-20(15)22-12-8-17-14-19(11-13-21(17)27-22)26-18-9-6-16(7-10-18)23(24)25/h2-4,10,12-14,16,21H,5-9,11H2,1H3,(H,25,26);2-5,11,13-14,16,18,22H,6-10,12H2,1H3,(H,24,25). The Bertz CT molecular complexity index is 2000. The summed E-state index contributed by atoms with van der Waals surface area (Å²) >= 11 is 0. The number of benzene rings is 4. The number of hydrogen-bond acceptors (Lipinski definition) is 7. The van der Waals surface area contributed by atoms with Crippen LogP contribution >= 0.6 is 0 Å². The zero-order valence-electron chi connectivity index (χ0n) is 32.1. The van der Waals surface area contributed by atoms with Crippen molar-refractivity contribution in [3.63, 3.8) is 0 Å². The van der Waals surface area contributed by atoms with Gasteiger partial charge in [-0.05, 0) is 149 Å². The molecule has 56 heavy (non-hydrogen) atoms. The van der Waals surface area contributed by atoms with Crippen LogP contribution in [0, 0.1) is 24.6 Å².